The van der Waals surface area contributed by atoms with Crippen molar-refractivity contribution >= 4 is 11.5 Å². The van der Waals surface area contributed by atoms with E-state index in [4.69, 9.17) is 10.00 Å². The highest BCUT2D eigenvalue weighted by molar-refractivity contribution is 5.48. The third-order valence-corrected chi connectivity index (χ3v) is 4.45. The van der Waals surface area contributed by atoms with E-state index in [1.54, 1.807) is 6.07 Å². The van der Waals surface area contributed by atoms with Gasteiger partial charge in [0.2, 0.25) is 0 Å². The van der Waals surface area contributed by atoms with E-state index in [0.29, 0.717) is 5.69 Å². The van der Waals surface area contributed by atoms with Gasteiger partial charge in [-0.2, -0.15) is 5.26 Å². The second-order valence-corrected chi connectivity index (χ2v) is 6.57. The topological polar surface area (TPSA) is 52.4 Å². The Morgan fingerprint density at radius 1 is 1.20 bits per heavy atom. The van der Waals surface area contributed by atoms with Crippen LogP contribution in [0.4, 0.5) is 11.5 Å². The Balaban J connectivity index is 1.81. The molecular weight excluding hydrogens is 312 g/mol. The molecule has 0 radical (unpaired) electrons. The van der Waals surface area contributed by atoms with Crippen LogP contribution in [0.2, 0.25) is 0 Å². The molecule has 1 aromatic carbocycles. The van der Waals surface area contributed by atoms with Gasteiger partial charge in [0.05, 0.1) is 6.10 Å². The van der Waals surface area contributed by atoms with Crippen molar-refractivity contribution in [1.29, 1.82) is 5.26 Å². The average Bonchev–Trinajstić information content (AvgIpc) is 3.15. The molecule has 1 unspecified atom stereocenters. The van der Waals surface area contributed by atoms with Crippen molar-refractivity contribution in [3.63, 3.8) is 0 Å². The standard InChI is InChI=1S/C20H24N4O/c1-23(2)18-10-8-16(9-11-18)14-24(15-19-6-4-12-25-19)20-7-3-5-17(13-21)22-20/h3,5,7-11,19H,4,6,12,14-15H2,1-2H3. The molecule has 5 nitrogen and oxygen atoms in total. The van der Waals surface area contributed by atoms with Crippen molar-refractivity contribution in [2.45, 2.75) is 25.5 Å². The van der Waals surface area contributed by atoms with Crippen LogP contribution in [-0.4, -0.2) is 38.3 Å². The minimum atomic E-state index is 0.230. The number of ether oxygens (including phenoxy) is 1. The molecule has 25 heavy (non-hydrogen) atoms. The third kappa shape index (κ3) is 4.49. The molecule has 1 saturated heterocycles. The summed E-state index contributed by atoms with van der Waals surface area (Å²) in [6.45, 7) is 2.37. The number of benzene rings is 1. The summed E-state index contributed by atoms with van der Waals surface area (Å²) in [6.07, 6.45) is 2.42. The normalized spacial score (nSPS) is 16.4. The summed E-state index contributed by atoms with van der Waals surface area (Å²) in [5.74, 6) is 0.825. The van der Waals surface area contributed by atoms with Crippen LogP contribution in [0.15, 0.2) is 42.5 Å². The maximum absolute atomic E-state index is 9.14. The molecule has 0 amide bonds. The van der Waals surface area contributed by atoms with Crippen LogP contribution >= 0.6 is 0 Å². The predicted molar refractivity (Wildman–Crippen MR) is 99.7 cm³/mol. The first-order chi connectivity index (χ1) is 12.2. The van der Waals surface area contributed by atoms with Gasteiger partial charge in [-0.15, -0.1) is 0 Å². The summed E-state index contributed by atoms with van der Waals surface area (Å²) in [7, 11) is 4.08. The Morgan fingerprint density at radius 2 is 2.00 bits per heavy atom. The zero-order valence-corrected chi connectivity index (χ0v) is 14.9. The van der Waals surface area contributed by atoms with Crippen molar-refractivity contribution in [2.24, 2.45) is 0 Å². The minimum Gasteiger partial charge on any atom is -0.378 e. The molecule has 1 aliphatic heterocycles. The molecule has 0 aliphatic carbocycles. The SMILES string of the molecule is CN(C)c1ccc(CN(CC2CCCO2)c2cccc(C#N)n2)cc1. The van der Waals surface area contributed by atoms with E-state index < -0.39 is 0 Å². The lowest BCUT2D eigenvalue weighted by molar-refractivity contribution is 0.115. The largest absolute Gasteiger partial charge is 0.378 e. The van der Waals surface area contributed by atoms with Gasteiger partial charge in [-0.3, -0.25) is 0 Å². The molecule has 2 heterocycles. The molecule has 1 atom stereocenters. The van der Waals surface area contributed by atoms with Gasteiger partial charge in [0.1, 0.15) is 17.6 Å². The summed E-state index contributed by atoms with van der Waals surface area (Å²) in [5.41, 5.74) is 2.84. The maximum atomic E-state index is 9.14. The Bertz CT molecular complexity index is 730. The summed E-state index contributed by atoms with van der Waals surface area (Å²) in [4.78, 5) is 8.78. The minimum absolute atomic E-state index is 0.230. The van der Waals surface area contributed by atoms with Gasteiger partial charge in [0.15, 0.2) is 0 Å². The zero-order chi connectivity index (χ0) is 17.6. The second-order valence-electron chi connectivity index (χ2n) is 6.57. The van der Waals surface area contributed by atoms with Crippen LogP contribution in [-0.2, 0) is 11.3 Å². The molecule has 1 fully saturated rings. The molecule has 0 bridgehead atoms. The molecular formula is C20H24N4O. The van der Waals surface area contributed by atoms with Crippen LogP contribution in [0.5, 0.6) is 0 Å². The van der Waals surface area contributed by atoms with Crippen LogP contribution in [0.1, 0.15) is 24.1 Å². The van der Waals surface area contributed by atoms with Crippen molar-refractivity contribution in [3.05, 3.63) is 53.7 Å². The molecule has 0 saturated carbocycles. The predicted octanol–water partition coefficient (Wildman–Crippen LogP) is 3.20. The van der Waals surface area contributed by atoms with Gasteiger partial charge in [-0.05, 0) is 42.7 Å². The monoisotopic (exact) mass is 336 g/mol. The van der Waals surface area contributed by atoms with E-state index in [1.807, 2.05) is 26.2 Å². The molecule has 3 rings (SSSR count). The lowest BCUT2D eigenvalue weighted by Gasteiger charge is -2.27. The second kappa shape index (κ2) is 8.00. The number of nitriles is 1. The average molecular weight is 336 g/mol. The van der Waals surface area contributed by atoms with Crippen LogP contribution in [0, 0.1) is 11.3 Å². The maximum Gasteiger partial charge on any atom is 0.142 e. The fourth-order valence-corrected chi connectivity index (χ4v) is 3.05. The van der Waals surface area contributed by atoms with E-state index in [2.05, 4.69) is 45.1 Å². The number of nitrogens with zero attached hydrogens (tertiary/aromatic N) is 4. The first kappa shape index (κ1) is 17.2. The number of pyridine rings is 1. The Hall–Kier alpha value is -2.58. The van der Waals surface area contributed by atoms with Crippen LogP contribution < -0.4 is 9.80 Å². The van der Waals surface area contributed by atoms with Gasteiger partial charge in [-0.1, -0.05) is 18.2 Å². The van der Waals surface area contributed by atoms with Gasteiger partial charge in [-0.25, -0.2) is 4.98 Å². The Kier molecular flexibility index (Phi) is 5.52. The van der Waals surface area contributed by atoms with Crippen molar-refractivity contribution in [3.8, 4) is 6.07 Å². The summed E-state index contributed by atoms with van der Waals surface area (Å²) >= 11 is 0. The third-order valence-electron chi connectivity index (χ3n) is 4.45. The van der Waals surface area contributed by atoms with E-state index in [-0.39, 0.29) is 6.10 Å². The molecule has 130 valence electrons. The Morgan fingerprint density at radius 3 is 2.64 bits per heavy atom. The molecule has 5 heteroatoms. The number of aromatic nitrogens is 1. The molecule has 0 spiro atoms. The lowest BCUT2D eigenvalue weighted by atomic mass is 10.1. The Labute approximate surface area is 149 Å². The van der Waals surface area contributed by atoms with E-state index in [0.717, 1.165) is 38.4 Å². The number of hydrogen-bond acceptors (Lipinski definition) is 5. The van der Waals surface area contributed by atoms with Gasteiger partial charge < -0.3 is 14.5 Å². The number of anilines is 2. The highest BCUT2D eigenvalue weighted by Gasteiger charge is 2.20. The number of rotatable bonds is 6. The molecule has 1 aromatic heterocycles. The van der Waals surface area contributed by atoms with Gasteiger partial charge in [0, 0.05) is 39.5 Å². The van der Waals surface area contributed by atoms with E-state index >= 15 is 0 Å². The van der Waals surface area contributed by atoms with E-state index in [1.165, 1.54) is 11.3 Å². The van der Waals surface area contributed by atoms with Gasteiger partial charge >= 0.3 is 0 Å². The van der Waals surface area contributed by atoms with Crippen molar-refractivity contribution in [2.75, 3.05) is 37.0 Å². The molecule has 0 N–H and O–H groups in total. The molecule has 1 aliphatic rings. The summed E-state index contributed by atoms with van der Waals surface area (Å²) in [6, 6.07) is 16.2. The van der Waals surface area contributed by atoms with Gasteiger partial charge in [0.25, 0.3) is 0 Å². The highest BCUT2D eigenvalue weighted by atomic mass is 16.5. The highest BCUT2D eigenvalue weighted by Crippen LogP contribution is 2.21. The van der Waals surface area contributed by atoms with E-state index in [9.17, 15) is 0 Å². The first-order valence-electron chi connectivity index (χ1n) is 8.65. The van der Waals surface area contributed by atoms with Crippen LogP contribution in [0.25, 0.3) is 0 Å². The molecule has 2 aromatic rings. The smallest absolute Gasteiger partial charge is 0.142 e. The fourth-order valence-electron chi connectivity index (χ4n) is 3.05. The van der Waals surface area contributed by atoms with Crippen molar-refractivity contribution < 1.29 is 4.74 Å². The quantitative estimate of drug-likeness (QED) is 0.811. The first-order valence-corrected chi connectivity index (χ1v) is 8.65. The van der Waals surface area contributed by atoms with Crippen LogP contribution in [0.3, 0.4) is 0 Å². The van der Waals surface area contributed by atoms with Crippen molar-refractivity contribution in [1.82, 2.24) is 4.98 Å². The number of hydrogen-bond donors (Lipinski definition) is 0. The summed E-state index contributed by atoms with van der Waals surface area (Å²) in [5, 5.41) is 9.14. The lowest BCUT2D eigenvalue weighted by Crippen LogP contribution is -2.32. The fraction of sp³-hybridized carbons (Fsp3) is 0.400. The summed E-state index contributed by atoms with van der Waals surface area (Å²) < 4.78 is 5.81. The zero-order valence-electron chi connectivity index (χ0n) is 14.9.